The molecule has 1 fully saturated rings. The van der Waals surface area contributed by atoms with Gasteiger partial charge in [-0.05, 0) is 17.7 Å². The van der Waals surface area contributed by atoms with Crippen LogP contribution in [-0.4, -0.2) is 50.6 Å². The molecule has 1 atom stereocenters. The minimum absolute atomic E-state index is 0.0174. The Bertz CT molecular complexity index is 778. The van der Waals surface area contributed by atoms with Crippen LogP contribution >= 0.6 is 0 Å². The third kappa shape index (κ3) is 3.55. The monoisotopic (exact) mass is 354 g/mol. The second kappa shape index (κ2) is 8.01. The van der Waals surface area contributed by atoms with Gasteiger partial charge in [0.15, 0.2) is 6.10 Å². The van der Waals surface area contributed by atoms with Crippen LogP contribution in [0.2, 0.25) is 0 Å². The highest BCUT2D eigenvalue weighted by atomic mass is 16.5. The SMILES string of the molecule is COc1ccccc1N1CCN(C(=O)[C@H](OC)c2ccccc2)CC1=O. The van der Waals surface area contributed by atoms with Crippen molar-refractivity contribution in [3.05, 3.63) is 60.2 Å². The number of nitrogens with zero attached hydrogens (tertiary/aromatic N) is 2. The van der Waals surface area contributed by atoms with E-state index in [1.807, 2.05) is 54.6 Å². The van der Waals surface area contributed by atoms with Crippen molar-refractivity contribution in [2.75, 3.05) is 38.8 Å². The van der Waals surface area contributed by atoms with Crippen LogP contribution in [0.3, 0.4) is 0 Å². The lowest BCUT2D eigenvalue weighted by molar-refractivity contribution is -0.146. The molecule has 2 amide bonds. The molecule has 0 aromatic heterocycles. The summed E-state index contributed by atoms with van der Waals surface area (Å²) in [4.78, 5) is 28.7. The Kier molecular flexibility index (Phi) is 5.53. The highest BCUT2D eigenvalue weighted by Gasteiger charge is 2.33. The highest BCUT2D eigenvalue weighted by Crippen LogP contribution is 2.29. The fourth-order valence-electron chi connectivity index (χ4n) is 3.14. The maximum absolute atomic E-state index is 12.8. The number of hydrogen-bond acceptors (Lipinski definition) is 4. The zero-order chi connectivity index (χ0) is 18.5. The topological polar surface area (TPSA) is 59.1 Å². The summed E-state index contributed by atoms with van der Waals surface area (Å²) < 4.78 is 10.7. The van der Waals surface area contributed by atoms with E-state index in [4.69, 9.17) is 9.47 Å². The van der Waals surface area contributed by atoms with E-state index >= 15 is 0 Å². The number of piperazine rings is 1. The molecular formula is C20H22N2O4. The van der Waals surface area contributed by atoms with Crippen LogP contribution in [0.4, 0.5) is 5.69 Å². The number of carbonyl (C=O) groups excluding carboxylic acids is 2. The van der Waals surface area contributed by atoms with E-state index in [9.17, 15) is 9.59 Å². The van der Waals surface area contributed by atoms with E-state index in [0.29, 0.717) is 18.8 Å². The summed E-state index contributed by atoms with van der Waals surface area (Å²) in [6.45, 7) is 0.870. The third-order valence-electron chi connectivity index (χ3n) is 4.47. The predicted molar refractivity (Wildman–Crippen MR) is 98.1 cm³/mol. The minimum atomic E-state index is -0.707. The Morgan fingerprint density at radius 2 is 1.69 bits per heavy atom. The molecule has 1 aliphatic rings. The molecule has 2 aromatic carbocycles. The quantitative estimate of drug-likeness (QED) is 0.826. The van der Waals surface area contributed by atoms with Crippen molar-refractivity contribution in [1.29, 1.82) is 0 Å². The maximum atomic E-state index is 12.8. The van der Waals surface area contributed by atoms with Crippen molar-refractivity contribution in [3.63, 3.8) is 0 Å². The van der Waals surface area contributed by atoms with Crippen LogP contribution in [0.25, 0.3) is 0 Å². The summed E-state index contributed by atoms with van der Waals surface area (Å²) in [5, 5.41) is 0. The lowest BCUT2D eigenvalue weighted by atomic mass is 10.1. The highest BCUT2D eigenvalue weighted by molar-refractivity contribution is 5.99. The molecule has 0 saturated carbocycles. The van der Waals surface area contributed by atoms with Crippen LogP contribution in [0.5, 0.6) is 5.75 Å². The first-order valence-corrected chi connectivity index (χ1v) is 8.45. The molecule has 1 heterocycles. The second-order valence-electron chi connectivity index (χ2n) is 6.00. The summed E-state index contributed by atoms with van der Waals surface area (Å²) in [5.41, 5.74) is 1.50. The second-order valence-corrected chi connectivity index (χ2v) is 6.00. The predicted octanol–water partition coefficient (Wildman–Crippen LogP) is 2.26. The van der Waals surface area contributed by atoms with Crippen molar-refractivity contribution in [1.82, 2.24) is 4.90 Å². The Morgan fingerprint density at radius 1 is 1.00 bits per heavy atom. The van der Waals surface area contributed by atoms with Crippen LogP contribution in [-0.2, 0) is 14.3 Å². The molecule has 3 rings (SSSR count). The lowest BCUT2D eigenvalue weighted by Gasteiger charge is -2.36. The summed E-state index contributed by atoms with van der Waals surface area (Å²) in [6.07, 6.45) is -0.707. The summed E-state index contributed by atoms with van der Waals surface area (Å²) in [5.74, 6) is 0.295. The van der Waals surface area contributed by atoms with Gasteiger partial charge in [0.05, 0.1) is 12.8 Å². The zero-order valence-corrected chi connectivity index (χ0v) is 14.9. The van der Waals surface area contributed by atoms with Crippen molar-refractivity contribution in [2.45, 2.75) is 6.10 Å². The Morgan fingerprint density at radius 3 is 2.35 bits per heavy atom. The zero-order valence-electron chi connectivity index (χ0n) is 14.9. The van der Waals surface area contributed by atoms with Crippen LogP contribution in [0, 0.1) is 0 Å². The number of ether oxygens (including phenoxy) is 2. The number of anilines is 1. The van der Waals surface area contributed by atoms with Crippen molar-refractivity contribution < 1.29 is 19.1 Å². The van der Waals surface area contributed by atoms with E-state index in [2.05, 4.69) is 0 Å². The number of amides is 2. The van der Waals surface area contributed by atoms with Gasteiger partial charge in [-0.1, -0.05) is 42.5 Å². The van der Waals surface area contributed by atoms with E-state index < -0.39 is 6.10 Å². The van der Waals surface area contributed by atoms with E-state index in [0.717, 1.165) is 11.3 Å². The lowest BCUT2D eigenvalue weighted by Crippen LogP contribution is -2.53. The van der Waals surface area contributed by atoms with Crippen molar-refractivity contribution in [3.8, 4) is 5.75 Å². The molecule has 6 heteroatoms. The molecule has 0 N–H and O–H groups in total. The van der Waals surface area contributed by atoms with Gasteiger partial charge in [0.1, 0.15) is 12.3 Å². The molecule has 136 valence electrons. The van der Waals surface area contributed by atoms with Gasteiger partial charge in [0, 0.05) is 20.2 Å². The smallest absolute Gasteiger partial charge is 0.256 e. The number of para-hydroxylation sites is 2. The first-order valence-electron chi connectivity index (χ1n) is 8.45. The molecule has 0 unspecified atom stereocenters. The van der Waals surface area contributed by atoms with Gasteiger partial charge in [-0.2, -0.15) is 0 Å². The summed E-state index contributed by atoms with van der Waals surface area (Å²) in [6, 6.07) is 16.7. The molecule has 1 aliphatic heterocycles. The number of benzene rings is 2. The molecule has 2 aromatic rings. The number of methoxy groups -OCH3 is 2. The Labute approximate surface area is 152 Å². The van der Waals surface area contributed by atoms with Gasteiger partial charge in [0.2, 0.25) is 5.91 Å². The fourth-order valence-corrected chi connectivity index (χ4v) is 3.14. The van der Waals surface area contributed by atoms with E-state index in [1.54, 1.807) is 16.9 Å². The van der Waals surface area contributed by atoms with Gasteiger partial charge in [-0.25, -0.2) is 0 Å². The third-order valence-corrected chi connectivity index (χ3v) is 4.47. The largest absolute Gasteiger partial charge is 0.495 e. The van der Waals surface area contributed by atoms with E-state index in [1.165, 1.54) is 7.11 Å². The molecule has 0 spiro atoms. The van der Waals surface area contributed by atoms with Gasteiger partial charge < -0.3 is 19.3 Å². The molecule has 0 aliphatic carbocycles. The number of carbonyl (C=O) groups is 2. The standard InChI is InChI=1S/C20H22N2O4/c1-25-17-11-7-6-10-16(17)22-13-12-21(14-18(22)23)20(24)19(26-2)15-8-4-3-5-9-15/h3-11,19H,12-14H2,1-2H3/t19-/m1/s1. The summed E-state index contributed by atoms with van der Waals surface area (Å²) in [7, 11) is 3.08. The van der Waals surface area contributed by atoms with Crippen LogP contribution in [0.15, 0.2) is 54.6 Å². The molecule has 0 radical (unpaired) electrons. The molecule has 1 saturated heterocycles. The van der Waals surface area contributed by atoms with Gasteiger partial charge in [0.25, 0.3) is 5.91 Å². The van der Waals surface area contributed by atoms with E-state index in [-0.39, 0.29) is 18.4 Å². The Balaban J connectivity index is 1.74. The molecule has 6 nitrogen and oxygen atoms in total. The first kappa shape index (κ1) is 17.9. The van der Waals surface area contributed by atoms with Gasteiger partial charge in [-0.3, -0.25) is 9.59 Å². The van der Waals surface area contributed by atoms with Crippen LogP contribution < -0.4 is 9.64 Å². The van der Waals surface area contributed by atoms with Crippen molar-refractivity contribution >= 4 is 17.5 Å². The van der Waals surface area contributed by atoms with Gasteiger partial charge in [-0.15, -0.1) is 0 Å². The van der Waals surface area contributed by atoms with Crippen molar-refractivity contribution in [2.24, 2.45) is 0 Å². The maximum Gasteiger partial charge on any atom is 0.256 e. The number of hydrogen-bond donors (Lipinski definition) is 0. The minimum Gasteiger partial charge on any atom is -0.495 e. The average molecular weight is 354 g/mol. The summed E-state index contributed by atoms with van der Waals surface area (Å²) >= 11 is 0. The number of rotatable bonds is 5. The van der Waals surface area contributed by atoms with Crippen LogP contribution in [0.1, 0.15) is 11.7 Å². The van der Waals surface area contributed by atoms with Gasteiger partial charge >= 0.3 is 0 Å². The molecule has 26 heavy (non-hydrogen) atoms. The normalized spacial score (nSPS) is 15.7. The Hall–Kier alpha value is -2.86. The average Bonchev–Trinajstić information content (AvgIpc) is 2.69. The fraction of sp³-hybridized carbons (Fsp3) is 0.300. The molecular weight excluding hydrogens is 332 g/mol. The first-order chi connectivity index (χ1) is 12.7. The molecule has 0 bridgehead atoms.